The van der Waals surface area contributed by atoms with Crippen LogP contribution in [0.2, 0.25) is 0 Å². The van der Waals surface area contributed by atoms with Crippen molar-refractivity contribution in [1.29, 1.82) is 0 Å². The van der Waals surface area contributed by atoms with E-state index in [0.717, 1.165) is 36.9 Å². The van der Waals surface area contributed by atoms with Gasteiger partial charge in [0.2, 0.25) is 0 Å². The van der Waals surface area contributed by atoms with Gasteiger partial charge in [0.15, 0.2) is 0 Å². The van der Waals surface area contributed by atoms with E-state index in [0.29, 0.717) is 12.6 Å². The predicted molar refractivity (Wildman–Crippen MR) is 81.0 cm³/mol. The van der Waals surface area contributed by atoms with Crippen molar-refractivity contribution >= 4 is 11.8 Å². The average molecular weight is 281 g/mol. The Bertz CT molecular complexity index is 350. The summed E-state index contributed by atoms with van der Waals surface area (Å²) in [6.07, 6.45) is 3.84. The molecule has 2 N–H and O–H groups in total. The Labute approximate surface area is 119 Å². The van der Waals surface area contributed by atoms with Gasteiger partial charge >= 0.3 is 0 Å². The molecular formula is C15H23NO2S. The monoisotopic (exact) mass is 281 g/mol. The minimum absolute atomic E-state index is 0.473. The largest absolute Gasteiger partial charge is 0.493 e. The van der Waals surface area contributed by atoms with Gasteiger partial charge in [0, 0.05) is 18.1 Å². The molecule has 0 bridgehead atoms. The van der Waals surface area contributed by atoms with Crippen molar-refractivity contribution in [2.75, 3.05) is 31.3 Å². The van der Waals surface area contributed by atoms with E-state index in [1.165, 1.54) is 18.4 Å². The quantitative estimate of drug-likeness (QED) is 0.744. The molecular weight excluding hydrogens is 258 g/mol. The molecule has 1 aliphatic rings. The van der Waals surface area contributed by atoms with Crippen molar-refractivity contribution in [3.05, 3.63) is 29.8 Å². The molecule has 3 nitrogen and oxygen atoms in total. The summed E-state index contributed by atoms with van der Waals surface area (Å²) in [4.78, 5) is 0. The summed E-state index contributed by atoms with van der Waals surface area (Å²) < 4.78 is 11.3. The van der Waals surface area contributed by atoms with Crippen molar-refractivity contribution in [3.8, 4) is 5.75 Å². The first kappa shape index (κ1) is 14.7. The smallest absolute Gasteiger partial charge is 0.119 e. The summed E-state index contributed by atoms with van der Waals surface area (Å²) in [5.74, 6) is 3.06. The molecule has 1 fully saturated rings. The number of nitrogens with two attached hydrogens (primary N) is 1. The van der Waals surface area contributed by atoms with Crippen LogP contribution < -0.4 is 10.5 Å². The highest BCUT2D eigenvalue weighted by Gasteiger charge is 2.14. The number of rotatable bonds is 8. The highest BCUT2D eigenvalue weighted by Crippen LogP contribution is 2.17. The zero-order valence-corrected chi connectivity index (χ0v) is 12.2. The van der Waals surface area contributed by atoms with Gasteiger partial charge in [-0.15, -0.1) is 0 Å². The van der Waals surface area contributed by atoms with Crippen LogP contribution in [0.25, 0.3) is 0 Å². The second-order valence-corrected chi connectivity index (χ2v) is 5.89. The van der Waals surface area contributed by atoms with E-state index in [4.69, 9.17) is 15.2 Å². The van der Waals surface area contributed by atoms with E-state index >= 15 is 0 Å². The molecule has 4 heteroatoms. The van der Waals surface area contributed by atoms with Crippen LogP contribution in [0.3, 0.4) is 0 Å². The molecule has 1 heterocycles. The van der Waals surface area contributed by atoms with E-state index in [-0.39, 0.29) is 0 Å². The van der Waals surface area contributed by atoms with Crippen LogP contribution in [0.1, 0.15) is 18.4 Å². The summed E-state index contributed by atoms with van der Waals surface area (Å²) in [6.45, 7) is 2.39. The van der Waals surface area contributed by atoms with Crippen LogP contribution in [-0.4, -0.2) is 37.4 Å². The van der Waals surface area contributed by atoms with Crippen LogP contribution in [0.5, 0.6) is 5.75 Å². The molecule has 1 aromatic rings. The Kier molecular flexibility index (Phi) is 6.54. The van der Waals surface area contributed by atoms with Crippen LogP contribution in [0.15, 0.2) is 24.3 Å². The van der Waals surface area contributed by atoms with Gasteiger partial charge in [0.1, 0.15) is 5.75 Å². The SMILES string of the molecule is NCCc1ccc(OCCSCC2CCCO2)cc1. The summed E-state index contributed by atoms with van der Waals surface area (Å²) in [5, 5.41) is 0. The molecule has 0 aromatic heterocycles. The fourth-order valence-electron chi connectivity index (χ4n) is 2.13. The third-order valence-corrected chi connectivity index (χ3v) is 4.24. The number of hydrogen-bond donors (Lipinski definition) is 1. The maximum absolute atomic E-state index is 5.71. The number of benzene rings is 1. The van der Waals surface area contributed by atoms with Gasteiger partial charge in [0.25, 0.3) is 0 Å². The van der Waals surface area contributed by atoms with E-state index in [1.54, 1.807) is 0 Å². The van der Waals surface area contributed by atoms with Gasteiger partial charge in [-0.05, 0) is 43.5 Å². The zero-order chi connectivity index (χ0) is 13.3. The Morgan fingerprint density at radius 1 is 1.32 bits per heavy atom. The standard InChI is InChI=1S/C15H23NO2S/c16-8-7-13-3-5-14(6-4-13)18-10-11-19-12-15-2-1-9-17-15/h3-6,15H,1-2,7-12,16H2. The second kappa shape index (κ2) is 8.46. The molecule has 1 saturated heterocycles. The molecule has 0 radical (unpaired) electrons. The molecule has 0 saturated carbocycles. The Hall–Kier alpha value is -0.710. The lowest BCUT2D eigenvalue weighted by Gasteiger charge is -2.09. The van der Waals surface area contributed by atoms with E-state index in [1.807, 2.05) is 23.9 Å². The van der Waals surface area contributed by atoms with Gasteiger partial charge in [0.05, 0.1) is 12.7 Å². The Balaban J connectivity index is 1.57. The minimum Gasteiger partial charge on any atom is -0.493 e. The topological polar surface area (TPSA) is 44.5 Å². The number of ether oxygens (including phenoxy) is 2. The molecule has 1 aliphatic heterocycles. The lowest BCUT2D eigenvalue weighted by atomic mass is 10.1. The first-order valence-electron chi connectivity index (χ1n) is 6.99. The highest BCUT2D eigenvalue weighted by molar-refractivity contribution is 7.99. The Morgan fingerprint density at radius 3 is 2.84 bits per heavy atom. The van der Waals surface area contributed by atoms with Crippen molar-refractivity contribution in [2.24, 2.45) is 5.73 Å². The van der Waals surface area contributed by atoms with Crippen molar-refractivity contribution in [3.63, 3.8) is 0 Å². The van der Waals surface area contributed by atoms with Gasteiger partial charge in [-0.3, -0.25) is 0 Å². The van der Waals surface area contributed by atoms with E-state index in [9.17, 15) is 0 Å². The molecule has 2 rings (SSSR count). The summed E-state index contributed by atoms with van der Waals surface area (Å²) in [6, 6.07) is 8.22. The van der Waals surface area contributed by atoms with Gasteiger partial charge in [-0.2, -0.15) is 11.8 Å². The fraction of sp³-hybridized carbons (Fsp3) is 0.600. The van der Waals surface area contributed by atoms with Gasteiger partial charge in [-0.1, -0.05) is 12.1 Å². The molecule has 0 aliphatic carbocycles. The first-order valence-corrected chi connectivity index (χ1v) is 8.15. The van der Waals surface area contributed by atoms with Crippen LogP contribution >= 0.6 is 11.8 Å². The second-order valence-electron chi connectivity index (χ2n) is 4.74. The van der Waals surface area contributed by atoms with Crippen molar-refractivity contribution in [1.82, 2.24) is 0 Å². The zero-order valence-electron chi connectivity index (χ0n) is 11.3. The molecule has 1 unspecified atom stereocenters. The highest BCUT2D eigenvalue weighted by atomic mass is 32.2. The maximum atomic E-state index is 5.71. The van der Waals surface area contributed by atoms with E-state index < -0.39 is 0 Å². The molecule has 19 heavy (non-hydrogen) atoms. The third kappa shape index (κ3) is 5.43. The van der Waals surface area contributed by atoms with Gasteiger partial charge < -0.3 is 15.2 Å². The molecule has 106 valence electrons. The third-order valence-electron chi connectivity index (χ3n) is 3.18. The molecule has 0 spiro atoms. The van der Waals surface area contributed by atoms with Crippen molar-refractivity contribution in [2.45, 2.75) is 25.4 Å². The van der Waals surface area contributed by atoms with Crippen molar-refractivity contribution < 1.29 is 9.47 Å². The summed E-state index contributed by atoms with van der Waals surface area (Å²) in [5.41, 5.74) is 6.79. The fourth-order valence-corrected chi connectivity index (χ4v) is 3.02. The Morgan fingerprint density at radius 2 is 2.16 bits per heavy atom. The first-order chi connectivity index (χ1) is 9.38. The number of hydrogen-bond acceptors (Lipinski definition) is 4. The van der Waals surface area contributed by atoms with Gasteiger partial charge in [-0.25, -0.2) is 0 Å². The molecule has 1 aromatic carbocycles. The lowest BCUT2D eigenvalue weighted by Crippen LogP contribution is -2.10. The molecule has 0 amide bonds. The van der Waals surface area contributed by atoms with Crippen LogP contribution in [-0.2, 0) is 11.2 Å². The normalized spacial score (nSPS) is 18.7. The maximum Gasteiger partial charge on any atom is 0.119 e. The summed E-state index contributed by atoms with van der Waals surface area (Å²) in [7, 11) is 0. The van der Waals surface area contributed by atoms with Crippen LogP contribution in [0.4, 0.5) is 0 Å². The lowest BCUT2D eigenvalue weighted by molar-refractivity contribution is 0.129. The number of thioether (sulfide) groups is 1. The van der Waals surface area contributed by atoms with E-state index in [2.05, 4.69) is 12.1 Å². The molecule has 1 atom stereocenters. The predicted octanol–water partition coefficient (Wildman–Crippen LogP) is 2.48. The van der Waals surface area contributed by atoms with Crippen LogP contribution in [0, 0.1) is 0 Å². The minimum atomic E-state index is 0.473. The average Bonchev–Trinajstić information content (AvgIpc) is 2.94. The summed E-state index contributed by atoms with van der Waals surface area (Å²) >= 11 is 1.91.